The predicted octanol–water partition coefficient (Wildman–Crippen LogP) is 5.26. The fourth-order valence-electron chi connectivity index (χ4n) is 3.03. The molecule has 2 N–H and O–H groups in total. The van der Waals surface area contributed by atoms with Gasteiger partial charge in [0.25, 0.3) is 0 Å². The normalized spacial score (nSPS) is 10.9. The molecule has 2 aromatic heterocycles. The van der Waals surface area contributed by atoms with E-state index in [1.165, 1.54) is 12.4 Å². The smallest absolute Gasteiger partial charge is 0.249 e. The molecule has 9 heteroatoms. The molecule has 0 aliphatic carbocycles. The van der Waals surface area contributed by atoms with Gasteiger partial charge >= 0.3 is 0 Å². The second-order valence-electron chi connectivity index (χ2n) is 7.92. The van der Waals surface area contributed by atoms with Gasteiger partial charge in [0, 0.05) is 18.7 Å². The number of para-hydroxylation sites is 1. The Balaban J connectivity index is 1.35. The maximum atomic E-state index is 12.1. The van der Waals surface area contributed by atoms with Gasteiger partial charge in [-0.1, -0.05) is 30.3 Å². The van der Waals surface area contributed by atoms with Crippen LogP contribution in [0.15, 0.2) is 97.3 Å². The second-order valence-corrected chi connectivity index (χ2v) is 7.92. The van der Waals surface area contributed by atoms with Crippen molar-refractivity contribution in [3.63, 3.8) is 0 Å². The zero-order valence-electron chi connectivity index (χ0n) is 20.0. The fourth-order valence-corrected chi connectivity index (χ4v) is 3.03. The molecule has 0 aliphatic rings. The summed E-state index contributed by atoms with van der Waals surface area (Å²) >= 11 is 0. The summed E-state index contributed by atoms with van der Waals surface area (Å²) in [5, 5.41) is 5.84. The van der Waals surface area contributed by atoms with Crippen LogP contribution in [0.4, 0.5) is 17.5 Å². The lowest BCUT2D eigenvalue weighted by atomic mass is 10.3. The van der Waals surface area contributed by atoms with Gasteiger partial charge in [0.1, 0.15) is 41.0 Å². The highest BCUT2D eigenvalue weighted by Crippen LogP contribution is 2.27. The molecule has 0 radical (unpaired) electrons. The van der Waals surface area contributed by atoms with E-state index in [9.17, 15) is 4.79 Å². The number of hydrogen-bond donors (Lipinski definition) is 2. The minimum absolute atomic E-state index is 0.251. The summed E-state index contributed by atoms with van der Waals surface area (Å²) < 4.78 is 11.7. The van der Waals surface area contributed by atoms with Crippen LogP contribution in [0.25, 0.3) is 0 Å². The summed E-state index contributed by atoms with van der Waals surface area (Å²) in [4.78, 5) is 26.8. The highest BCUT2D eigenvalue weighted by Gasteiger charge is 2.06. The number of rotatable bonds is 10. The van der Waals surface area contributed by atoms with Crippen molar-refractivity contribution in [2.24, 2.45) is 0 Å². The Labute approximate surface area is 209 Å². The molecule has 2 aromatic carbocycles. The highest BCUT2D eigenvalue weighted by molar-refractivity contribution is 5.98. The SMILES string of the molecule is CN(C)CC=CC(=O)Nc1cccc(Nc2cc(Oc3ccc(Oc4ccccc4)cc3)ncn2)n1. The molecule has 9 nitrogen and oxygen atoms in total. The van der Waals surface area contributed by atoms with Crippen molar-refractivity contribution in [2.45, 2.75) is 0 Å². The summed E-state index contributed by atoms with van der Waals surface area (Å²) in [6, 6.07) is 23.7. The molecule has 0 saturated carbocycles. The number of nitrogens with one attached hydrogen (secondary N) is 2. The molecule has 36 heavy (non-hydrogen) atoms. The molecule has 0 fully saturated rings. The van der Waals surface area contributed by atoms with Crippen LogP contribution in [0, 0.1) is 0 Å². The third kappa shape index (κ3) is 7.64. The molecule has 182 valence electrons. The van der Waals surface area contributed by atoms with E-state index in [-0.39, 0.29) is 5.91 Å². The van der Waals surface area contributed by atoms with Crippen molar-refractivity contribution in [1.29, 1.82) is 0 Å². The van der Waals surface area contributed by atoms with Gasteiger partial charge in [-0.15, -0.1) is 0 Å². The van der Waals surface area contributed by atoms with E-state index in [1.54, 1.807) is 42.5 Å². The molecule has 0 aliphatic heterocycles. The van der Waals surface area contributed by atoms with Crippen LogP contribution in [0.1, 0.15) is 0 Å². The van der Waals surface area contributed by atoms with Crippen LogP contribution in [-0.4, -0.2) is 46.4 Å². The number of aromatic nitrogens is 3. The van der Waals surface area contributed by atoms with Gasteiger partial charge < -0.3 is 25.0 Å². The third-order valence-corrected chi connectivity index (χ3v) is 4.66. The molecule has 0 atom stereocenters. The molecular formula is C27H26N6O3. The number of anilines is 3. The number of carbonyl (C=O) groups excluding carboxylic acids is 1. The standard InChI is InChI=1S/C27H26N6O3/c1-33(2)17-7-12-26(34)32-24-11-6-10-23(30-24)31-25-18-27(29-19-28-25)36-22-15-13-21(14-16-22)35-20-8-4-3-5-9-20/h3-16,18-19H,17H2,1-2H3,(H2,28,29,30,31,32,34). The van der Waals surface area contributed by atoms with E-state index in [2.05, 4.69) is 25.6 Å². The summed E-state index contributed by atoms with van der Waals surface area (Å²) in [6.07, 6.45) is 4.66. The number of benzene rings is 2. The molecule has 2 heterocycles. The van der Waals surface area contributed by atoms with E-state index in [0.717, 1.165) is 5.75 Å². The van der Waals surface area contributed by atoms with E-state index < -0.39 is 0 Å². The largest absolute Gasteiger partial charge is 0.457 e. The first kappa shape index (κ1) is 24.4. The Kier molecular flexibility index (Phi) is 8.18. The van der Waals surface area contributed by atoms with Crippen molar-refractivity contribution < 1.29 is 14.3 Å². The summed E-state index contributed by atoms with van der Waals surface area (Å²) in [6.45, 7) is 0.673. The van der Waals surface area contributed by atoms with Gasteiger partial charge in [-0.25, -0.2) is 15.0 Å². The average Bonchev–Trinajstić information content (AvgIpc) is 2.86. The van der Waals surface area contributed by atoms with Crippen LogP contribution >= 0.6 is 0 Å². The van der Waals surface area contributed by atoms with E-state index in [1.807, 2.05) is 61.5 Å². The van der Waals surface area contributed by atoms with Crippen molar-refractivity contribution >= 4 is 23.4 Å². The Morgan fingerprint density at radius 1 is 0.833 bits per heavy atom. The van der Waals surface area contributed by atoms with E-state index in [4.69, 9.17) is 9.47 Å². The number of amides is 1. The Hall–Kier alpha value is -4.76. The molecule has 1 amide bonds. The van der Waals surface area contributed by atoms with Crippen molar-refractivity contribution in [2.75, 3.05) is 31.3 Å². The van der Waals surface area contributed by atoms with Crippen LogP contribution in [0.5, 0.6) is 23.1 Å². The maximum absolute atomic E-state index is 12.1. The Bertz CT molecular complexity index is 1310. The highest BCUT2D eigenvalue weighted by atomic mass is 16.5. The number of ether oxygens (including phenoxy) is 2. The number of nitrogens with zero attached hydrogens (tertiary/aromatic N) is 4. The number of hydrogen-bond acceptors (Lipinski definition) is 8. The zero-order valence-corrected chi connectivity index (χ0v) is 20.0. The van der Waals surface area contributed by atoms with Gasteiger partial charge in [0.05, 0.1) is 0 Å². The predicted molar refractivity (Wildman–Crippen MR) is 139 cm³/mol. The summed E-state index contributed by atoms with van der Waals surface area (Å²) in [7, 11) is 3.86. The molecule has 4 aromatic rings. The molecular weight excluding hydrogens is 456 g/mol. The van der Waals surface area contributed by atoms with E-state index >= 15 is 0 Å². The van der Waals surface area contributed by atoms with Gasteiger partial charge in [-0.2, -0.15) is 0 Å². The summed E-state index contributed by atoms with van der Waals surface area (Å²) in [5.74, 6) is 3.59. The van der Waals surface area contributed by atoms with Gasteiger partial charge in [0.15, 0.2) is 0 Å². The van der Waals surface area contributed by atoms with Crippen LogP contribution in [0.2, 0.25) is 0 Å². The topological polar surface area (TPSA) is 102 Å². The fraction of sp³-hybridized carbons (Fsp3) is 0.111. The minimum atomic E-state index is -0.251. The summed E-state index contributed by atoms with van der Waals surface area (Å²) in [5.41, 5.74) is 0. The second kappa shape index (κ2) is 12.1. The van der Waals surface area contributed by atoms with Crippen LogP contribution in [0.3, 0.4) is 0 Å². The molecule has 0 unspecified atom stereocenters. The number of likely N-dealkylation sites (N-methyl/N-ethyl adjacent to an activating group) is 1. The third-order valence-electron chi connectivity index (χ3n) is 4.66. The van der Waals surface area contributed by atoms with E-state index in [0.29, 0.717) is 41.4 Å². The van der Waals surface area contributed by atoms with Crippen molar-refractivity contribution in [3.05, 3.63) is 97.3 Å². The molecule has 4 rings (SSSR count). The van der Waals surface area contributed by atoms with Crippen LogP contribution < -0.4 is 20.1 Å². The first-order valence-corrected chi connectivity index (χ1v) is 11.2. The lowest BCUT2D eigenvalue weighted by Gasteiger charge is -2.10. The van der Waals surface area contributed by atoms with Gasteiger partial charge in [0.2, 0.25) is 11.8 Å². The molecule has 0 spiro atoms. The quantitative estimate of drug-likeness (QED) is 0.295. The number of carbonyl (C=O) groups is 1. The first-order valence-electron chi connectivity index (χ1n) is 11.2. The zero-order chi connectivity index (χ0) is 25.2. The van der Waals surface area contributed by atoms with Gasteiger partial charge in [-0.3, -0.25) is 4.79 Å². The monoisotopic (exact) mass is 482 g/mol. The average molecular weight is 483 g/mol. The number of pyridine rings is 1. The van der Waals surface area contributed by atoms with Crippen LogP contribution in [-0.2, 0) is 4.79 Å². The lowest BCUT2D eigenvalue weighted by molar-refractivity contribution is -0.111. The van der Waals surface area contributed by atoms with Crippen molar-refractivity contribution in [1.82, 2.24) is 19.9 Å². The first-order chi connectivity index (χ1) is 17.5. The minimum Gasteiger partial charge on any atom is -0.457 e. The molecule has 0 saturated heterocycles. The maximum Gasteiger partial charge on any atom is 0.249 e. The molecule has 0 bridgehead atoms. The lowest BCUT2D eigenvalue weighted by Crippen LogP contribution is -2.13. The Morgan fingerprint density at radius 3 is 2.28 bits per heavy atom. The van der Waals surface area contributed by atoms with Gasteiger partial charge in [-0.05, 0) is 62.6 Å². The van der Waals surface area contributed by atoms with Crippen molar-refractivity contribution in [3.8, 4) is 23.1 Å². The Morgan fingerprint density at radius 2 is 1.53 bits per heavy atom.